The highest BCUT2D eigenvalue weighted by Gasteiger charge is 2.20. The van der Waals surface area contributed by atoms with Crippen LogP contribution < -0.4 is 0 Å². The fourth-order valence-electron chi connectivity index (χ4n) is 2.12. The molecule has 2 heterocycles. The van der Waals surface area contributed by atoms with Crippen molar-refractivity contribution in [3.63, 3.8) is 0 Å². The van der Waals surface area contributed by atoms with Crippen LogP contribution in [0.2, 0.25) is 0 Å². The van der Waals surface area contributed by atoms with Crippen molar-refractivity contribution in [1.29, 1.82) is 0 Å². The van der Waals surface area contributed by atoms with E-state index in [1.54, 1.807) is 27.8 Å². The van der Waals surface area contributed by atoms with Gasteiger partial charge in [-0.25, -0.2) is 0 Å². The number of amides is 1. The summed E-state index contributed by atoms with van der Waals surface area (Å²) in [5.41, 5.74) is 0.580. The van der Waals surface area contributed by atoms with Gasteiger partial charge in [-0.05, 0) is 12.1 Å². The molecule has 0 N–H and O–H groups in total. The van der Waals surface area contributed by atoms with Crippen LogP contribution in [0.4, 0.5) is 0 Å². The molecule has 1 aliphatic heterocycles. The molecule has 96 valence electrons. The largest absolute Gasteiger partial charge is 0.345 e. The Balaban J connectivity index is 1.85. The van der Waals surface area contributed by atoms with Gasteiger partial charge in [0.15, 0.2) is 6.29 Å². The number of rotatable bonds is 4. The average Bonchev–Trinajstić information content (AvgIpc) is 2.84. The van der Waals surface area contributed by atoms with Gasteiger partial charge in [0.05, 0.1) is 5.69 Å². The molecule has 18 heavy (non-hydrogen) atoms. The van der Waals surface area contributed by atoms with Crippen molar-refractivity contribution in [1.82, 2.24) is 9.47 Å². The van der Waals surface area contributed by atoms with Gasteiger partial charge in [-0.2, -0.15) is 0 Å². The number of hydrogen-bond acceptors (Lipinski definition) is 3. The van der Waals surface area contributed by atoms with Crippen molar-refractivity contribution in [2.75, 3.05) is 13.1 Å². The summed E-state index contributed by atoms with van der Waals surface area (Å²) in [6.07, 6.45) is 3.87. The molecule has 0 saturated carbocycles. The predicted octanol–water partition coefficient (Wildman–Crippen LogP) is 0.882. The summed E-state index contributed by atoms with van der Waals surface area (Å²) in [6, 6.07) is 3.50. The molecule has 0 aliphatic carbocycles. The molecule has 1 amide bonds. The van der Waals surface area contributed by atoms with E-state index in [-0.39, 0.29) is 11.7 Å². The molecule has 5 nitrogen and oxygen atoms in total. The highest BCUT2D eigenvalue weighted by Crippen LogP contribution is 2.08. The third-order valence-electron chi connectivity index (χ3n) is 3.23. The van der Waals surface area contributed by atoms with E-state index in [0.29, 0.717) is 44.6 Å². The molecular formula is C13H16N2O3. The summed E-state index contributed by atoms with van der Waals surface area (Å²) in [7, 11) is 0. The normalized spacial score (nSPS) is 15.8. The minimum atomic E-state index is 0.0491. The number of Topliss-reactive ketones (excluding diaryl/α,β-unsaturated/α-hetero) is 1. The van der Waals surface area contributed by atoms with Gasteiger partial charge in [-0.1, -0.05) is 0 Å². The highest BCUT2D eigenvalue weighted by atomic mass is 16.2. The van der Waals surface area contributed by atoms with Crippen molar-refractivity contribution in [3.8, 4) is 0 Å². The molecule has 1 aromatic rings. The zero-order chi connectivity index (χ0) is 13.0. The van der Waals surface area contributed by atoms with Crippen LogP contribution in [-0.4, -0.2) is 40.5 Å². The fourth-order valence-corrected chi connectivity index (χ4v) is 2.12. The number of piperidine rings is 1. The van der Waals surface area contributed by atoms with Gasteiger partial charge in [0, 0.05) is 45.1 Å². The number of carbonyl (C=O) groups is 3. The second kappa shape index (κ2) is 5.62. The summed E-state index contributed by atoms with van der Waals surface area (Å²) in [6.45, 7) is 1.57. The van der Waals surface area contributed by atoms with Crippen molar-refractivity contribution >= 4 is 18.0 Å². The van der Waals surface area contributed by atoms with Crippen molar-refractivity contribution in [2.24, 2.45) is 0 Å². The number of ketones is 1. The second-order valence-corrected chi connectivity index (χ2v) is 4.41. The Morgan fingerprint density at radius 1 is 1.33 bits per heavy atom. The molecule has 0 aromatic carbocycles. The molecule has 2 rings (SSSR count). The molecular weight excluding hydrogens is 232 g/mol. The van der Waals surface area contributed by atoms with Crippen LogP contribution in [0.15, 0.2) is 18.3 Å². The van der Waals surface area contributed by atoms with E-state index in [1.807, 2.05) is 0 Å². The second-order valence-electron chi connectivity index (χ2n) is 4.41. The lowest BCUT2D eigenvalue weighted by molar-refractivity contribution is -0.134. The minimum Gasteiger partial charge on any atom is -0.345 e. The summed E-state index contributed by atoms with van der Waals surface area (Å²) in [5, 5.41) is 0. The standard InChI is InChI=1S/C13H16N2O3/c16-10-11-2-1-6-14(11)9-5-13(18)15-7-3-12(17)4-8-15/h1-2,6,10H,3-5,7-9H2. The van der Waals surface area contributed by atoms with Crippen LogP contribution in [0.1, 0.15) is 29.8 Å². The topological polar surface area (TPSA) is 59.4 Å². The van der Waals surface area contributed by atoms with E-state index in [1.165, 1.54) is 0 Å². The van der Waals surface area contributed by atoms with Crippen molar-refractivity contribution in [2.45, 2.75) is 25.8 Å². The van der Waals surface area contributed by atoms with Gasteiger partial charge in [0.2, 0.25) is 5.91 Å². The Labute approximate surface area is 105 Å². The first-order valence-electron chi connectivity index (χ1n) is 6.10. The monoisotopic (exact) mass is 248 g/mol. The third kappa shape index (κ3) is 2.85. The maximum absolute atomic E-state index is 11.9. The van der Waals surface area contributed by atoms with Gasteiger partial charge in [0.1, 0.15) is 5.78 Å². The van der Waals surface area contributed by atoms with Crippen molar-refractivity contribution in [3.05, 3.63) is 24.0 Å². The number of hydrogen-bond donors (Lipinski definition) is 0. The molecule has 1 saturated heterocycles. The summed E-state index contributed by atoms with van der Waals surface area (Å²) < 4.78 is 1.76. The molecule has 5 heteroatoms. The lowest BCUT2D eigenvalue weighted by Crippen LogP contribution is -2.38. The zero-order valence-corrected chi connectivity index (χ0v) is 10.2. The van der Waals surface area contributed by atoms with Crippen LogP contribution in [-0.2, 0) is 16.1 Å². The van der Waals surface area contributed by atoms with E-state index >= 15 is 0 Å². The first-order valence-corrected chi connectivity index (χ1v) is 6.10. The molecule has 0 atom stereocenters. The summed E-state index contributed by atoms with van der Waals surface area (Å²) in [5.74, 6) is 0.278. The van der Waals surface area contributed by atoms with E-state index in [9.17, 15) is 14.4 Å². The van der Waals surface area contributed by atoms with Gasteiger partial charge in [0.25, 0.3) is 0 Å². The van der Waals surface area contributed by atoms with Crippen LogP contribution in [0.5, 0.6) is 0 Å². The Kier molecular flexibility index (Phi) is 3.92. The molecule has 0 spiro atoms. The Hall–Kier alpha value is -1.91. The molecule has 1 aromatic heterocycles. The Bertz CT molecular complexity index is 455. The summed E-state index contributed by atoms with van der Waals surface area (Å²) >= 11 is 0. The van der Waals surface area contributed by atoms with E-state index in [0.717, 1.165) is 6.29 Å². The zero-order valence-electron chi connectivity index (χ0n) is 10.2. The smallest absolute Gasteiger partial charge is 0.224 e. The number of aromatic nitrogens is 1. The number of aldehydes is 1. The number of aryl methyl sites for hydroxylation is 1. The van der Waals surface area contributed by atoms with Crippen LogP contribution in [0, 0.1) is 0 Å². The molecule has 1 aliphatic rings. The Morgan fingerprint density at radius 2 is 2.06 bits per heavy atom. The van der Waals surface area contributed by atoms with Gasteiger partial charge >= 0.3 is 0 Å². The van der Waals surface area contributed by atoms with E-state index in [2.05, 4.69) is 0 Å². The minimum absolute atomic E-state index is 0.0491. The van der Waals surface area contributed by atoms with Crippen LogP contribution in [0.3, 0.4) is 0 Å². The summed E-state index contributed by atoms with van der Waals surface area (Å²) in [4.78, 5) is 35.4. The first-order chi connectivity index (χ1) is 8.70. The molecule has 0 unspecified atom stereocenters. The number of nitrogens with zero attached hydrogens (tertiary/aromatic N) is 2. The lowest BCUT2D eigenvalue weighted by atomic mass is 10.1. The van der Waals surface area contributed by atoms with Crippen LogP contribution >= 0.6 is 0 Å². The average molecular weight is 248 g/mol. The van der Waals surface area contributed by atoms with E-state index in [4.69, 9.17) is 0 Å². The van der Waals surface area contributed by atoms with Crippen LogP contribution in [0.25, 0.3) is 0 Å². The first kappa shape index (κ1) is 12.5. The molecule has 1 fully saturated rings. The van der Waals surface area contributed by atoms with Gasteiger partial charge < -0.3 is 9.47 Å². The van der Waals surface area contributed by atoms with E-state index < -0.39 is 0 Å². The predicted molar refractivity (Wildman–Crippen MR) is 65.3 cm³/mol. The molecule has 0 bridgehead atoms. The van der Waals surface area contributed by atoms with Gasteiger partial charge in [-0.3, -0.25) is 14.4 Å². The maximum atomic E-state index is 11.9. The third-order valence-corrected chi connectivity index (χ3v) is 3.23. The molecule has 0 radical (unpaired) electrons. The number of carbonyl (C=O) groups excluding carboxylic acids is 3. The fraction of sp³-hybridized carbons (Fsp3) is 0.462. The highest BCUT2D eigenvalue weighted by molar-refractivity contribution is 5.83. The quantitative estimate of drug-likeness (QED) is 0.743. The lowest BCUT2D eigenvalue weighted by Gasteiger charge is -2.26. The van der Waals surface area contributed by atoms with Crippen molar-refractivity contribution < 1.29 is 14.4 Å². The SMILES string of the molecule is O=Cc1cccn1CCC(=O)N1CCC(=O)CC1. The number of likely N-dealkylation sites (tertiary alicyclic amines) is 1. The maximum Gasteiger partial charge on any atom is 0.224 e. The van der Waals surface area contributed by atoms with Gasteiger partial charge in [-0.15, -0.1) is 0 Å². The Morgan fingerprint density at radius 3 is 2.72 bits per heavy atom.